The molecule has 4 aromatic rings. The lowest BCUT2D eigenvalue weighted by Gasteiger charge is -2.21. The van der Waals surface area contributed by atoms with Gasteiger partial charge < -0.3 is 9.64 Å². The first-order valence-corrected chi connectivity index (χ1v) is 11.5. The zero-order valence-electron chi connectivity index (χ0n) is 19.6. The van der Waals surface area contributed by atoms with Crippen LogP contribution in [0.4, 0.5) is 14.5 Å². The van der Waals surface area contributed by atoms with E-state index < -0.39 is 17.6 Å². The van der Waals surface area contributed by atoms with E-state index in [2.05, 4.69) is 15.4 Å². The molecule has 0 radical (unpaired) electrons. The number of benzene rings is 3. The molecule has 2 heterocycles. The molecular weight excluding hydrogens is 466 g/mol. The molecule has 3 aromatic carbocycles. The fraction of sp³-hybridized carbons (Fsp3) is 0.185. The van der Waals surface area contributed by atoms with Crippen LogP contribution < -0.4 is 4.90 Å². The van der Waals surface area contributed by atoms with Crippen LogP contribution in [0.3, 0.4) is 0 Å². The summed E-state index contributed by atoms with van der Waals surface area (Å²) in [5.41, 5.74) is 4.06. The van der Waals surface area contributed by atoms with Crippen LogP contribution in [0.15, 0.2) is 60.8 Å². The van der Waals surface area contributed by atoms with Gasteiger partial charge in [-0.25, -0.2) is 13.6 Å². The van der Waals surface area contributed by atoms with Gasteiger partial charge in [0.15, 0.2) is 11.6 Å². The quantitative estimate of drug-likeness (QED) is 0.361. The Morgan fingerprint density at radius 1 is 1.06 bits per heavy atom. The minimum atomic E-state index is -0.987. The molecule has 0 saturated heterocycles. The van der Waals surface area contributed by atoms with E-state index in [0.29, 0.717) is 34.5 Å². The van der Waals surface area contributed by atoms with Gasteiger partial charge in [0, 0.05) is 17.3 Å². The summed E-state index contributed by atoms with van der Waals surface area (Å²) in [5, 5.41) is 10.4. The predicted octanol–water partition coefficient (Wildman–Crippen LogP) is 5.53. The zero-order chi connectivity index (χ0) is 25.4. The Hall–Kier alpha value is -4.40. The van der Waals surface area contributed by atoms with Crippen LogP contribution in [0, 0.1) is 11.6 Å². The number of anilines is 1. The molecule has 0 saturated carbocycles. The SMILES string of the molecule is CCC(C)OC(=O)c1ccc(-c2ccc(F)c(F)c2)cc1N1Cc2ccc(-c3c[nH]nn3)cc2C1=O. The lowest BCUT2D eigenvalue weighted by atomic mass is 10.0. The van der Waals surface area contributed by atoms with Crippen LogP contribution >= 0.6 is 0 Å². The normalized spacial score (nSPS) is 13.6. The van der Waals surface area contributed by atoms with Gasteiger partial charge in [0.05, 0.1) is 23.9 Å². The molecule has 36 heavy (non-hydrogen) atoms. The maximum Gasteiger partial charge on any atom is 0.340 e. The number of amides is 1. The van der Waals surface area contributed by atoms with Crippen LogP contribution in [0.25, 0.3) is 22.4 Å². The van der Waals surface area contributed by atoms with Gasteiger partial charge in [-0.15, -0.1) is 5.10 Å². The summed E-state index contributed by atoms with van der Waals surface area (Å²) in [6.45, 7) is 3.92. The van der Waals surface area contributed by atoms with Crippen molar-refractivity contribution >= 4 is 17.6 Å². The van der Waals surface area contributed by atoms with Gasteiger partial charge in [-0.05, 0) is 60.4 Å². The second-order valence-electron chi connectivity index (χ2n) is 8.61. The van der Waals surface area contributed by atoms with Crippen molar-refractivity contribution < 1.29 is 23.1 Å². The monoisotopic (exact) mass is 488 g/mol. The molecule has 1 unspecified atom stereocenters. The molecule has 5 rings (SSSR count). The summed E-state index contributed by atoms with van der Waals surface area (Å²) < 4.78 is 33.0. The molecule has 1 N–H and O–H groups in total. The highest BCUT2D eigenvalue weighted by molar-refractivity contribution is 6.13. The van der Waals surface area contributed by atoms with Crippen LogP contribution in [0.2, 0.25) is 0 Å². The minimum absolute atomic E-state index is 0.208. The number of hydrogen-bond acceptors (Lipinski definition) is 5. The molecule has 1 amide bonds. The first kappa shape index (κ1) is 23.3. The average molecular weight is 488 g/mol. The predicted molar refractivity (Wildman–Crippen MR) is 129 cm³/mol. The highest BCUT2D eigenvalue weighted by atomic mass is 19.2. The van der Waals surface area contributed by atoms with Gasteiger partial charge in [0.2, 0.25) is 0 Å². The van der Waals surface area contributed by atoms with E-state index in [1.165, 1.54) is 11.0 Å². The number of esters is 1. The molecule has 0 spiro atoms. The smallest absolute Gasteiger partial charge is 0.340 e. The van der Waals surface area contributed by atoms with Crippen molar-refractivity contribution in [3.05, 3.63) is 89.1 Å². The number of fused-ring (bicyclic) bond motifs is 1. The summed E-state index contributed by atoms with van der Waals surface area (Å²) >= 11 is 0. The third-order valence-corrected chi connectivity index (χ3v) is 6.27. The van der Waals surface area contributed by atoms with E-state index in [-0.39, 0.29) is 24.1 Å². The Balaban J connectivity index is 1.57. The number of carbonyl (C=O) groups excluding carboxylic acids is 2. The number of rotatable bonds is 6. The molecular formula is C27H22F2N4O3. The lowest BCUT2D eigenvalue weighted by molar-refractivity contribution is 0.0335. The number of hydrogen-bond donors (Lipinski definition) is 1. The Labute approximate surface area is 205 Å². The molecule has 1 aromatic heterocycles. The molecule has 9 heteroatoms. The van der Waals surface area contributed by atoms with Crippen LogP contribution in [-0.4, -0.2) is 33.4 Å². The van der Waals surface area contributed by atoms with Crippen LogP contribution in [-0.2, 0) is 11.3 Å². The third-order valence-electron chi connectivity index (χ3n) is 6.27. The molecule has 0 fully saturated rings. The van der Waals surface area contributed by atoms with Crippen LogP contribution in [0.5, 0.6) is 0 Å². The Morgan fingerprint density at radius 2 is 1.81 bits per heavy atom. The number of carbonyl (C=O) groups is 2. The van der Waals surface area contributed by atoms with Crippen molar-refractivity contribution in [1.82, 2.24) is 15.4 Å². The summed E-state index contributed by atoms with van der Waals surface area (Å²) in [7, 11) is 0. The molecule has 1 aliphatic heterocycles. The molecule has 1 aliphatic rings. The van der Waals surface area contributed by atoms with Crippen molar-refractivity contribution in [2.45, 2.75) is 32.9 Å². The molecule has 0 aliphatic carbocycles. The topological polar surface area (TPSA) is 88.2 Å². The van der Waals surface area contributed by atoms with E-state index in [4.69, 9.17) is 4.74 Å². The number of halogens is 2. The van der Waals surface area contributed by atoms with E-state index in [1.807, 2.05) is 19.1 Å². The molecule has 1 atom stereocenters. The molecule has 7 nitrogen and oxygen atoms in total. The van der Waals surface area contributed by atoms with E-state index >= 15 is 0 Å². The van der Waals surface area contributed by atoms with Crippen molar-refractivity contribution in [1.29, 1.82) is 0 Å². The van der Waals surface area contributed by atoms with Crippen molar-refractivity contribution in [3.8, 4) is 22.4 Å². The summed E-state index contributed by atoms with van der Waals surface area (Å²) in [6, 6.07) is 13.8. The summed E-state index contributed by atoms with van der Waals surface area (Å²) in [4.78, 5) is 28.1. The van der Waals surface area contributed by atoms with E-state index in [9.17, 15) is 18.4 Å². The van der Waals surface area contributed by atoms with Gasteiger partial charge in [-0.2, -0.15) is 0 Å². The van der Waals surface area contributed by atoms with E-state index in [0.717, 1.165) is 23.3 Å². The van der Waals surface area contributed by atoms with Gasteiger partial charge in [0.25, 0.3) is 5.91 Å². The van der Waals surface area contributed by atoms with Crippen LogP contribution in [0.1, 0.15) is 46.5 Å². The second kappa shape index (κ2) is 9.33. The third kappa shape index (κ3) is 4.24. The lowest BCUT2D eigenvalue weighted by Crippen LogP contribution is -2.26. The first-order chi connectivity index (χ1) is 17.4. The highest BCUT2D eigenvalue weighted by Crippen LogP contribution is 2.36. The van der Waals surface area contributed by atoms with Crippen molar-refractivity contribution in [2.75, 3.05) is 4.90 Å². The first-order valence-electron chi connectivity index (χ1n) is 11.5. The number of aromatic nitrogens is 3. The average Bonchev–Trinajstić information content (AvgIpc) is 3.53. The largest absolute Gasteiger partial charge is 0.459 e. The van der Waals surface area contributed by atoms with Gasteiger partial charge in [0.1, 0.15) is 5.69 Å². The highest BCUT2D eigenvalue weighted by Gasteiger charge is 2.32. The molecule has 0 bridgehead atoms. The maximum atomic E-state index is 13.9. The standard InChI is InChI=1S/C27H22F2N4O3/c1-3-15(2)36-27(35)20-8-6-17(16-7-9-22(28)23(29)11-16)12-25(20)33-14-19-5-4-18(10-21(19)26(33)34)24-13-30-32-31-24/h4-13,15H,3,14H2,1-2H3,(H,30,31,32). The fourth-order valence-electron chi connectivity index (χ4n) is 4.11. The Morgan fingerprint density at radius 3 is 2.53 bits per heavy atom. The number of nitrogens with zero attached hydrogens (tertiary/aromatic N) is 3. The zero-order valence-corrected chi connectivity index (χ0v) is 19.6. The number of nitrogens with one attached hydrogen (secondary N) is 1. The van der Waals surface area contributed by atoms with Gasteiger partial charge in [-0.3, -0.25) is 9.89 Å². The minimum Gasteiger partial charge on any atom is -0.459 e. The summed E-state index contributed by atoms with van der Waals surface area (Å²) in [6.07, 6.45) is 1.95. The van der Waals surface area contributed by atoms with Crippen molar-refractivity contribution in [2.24, 2.45) is 0 Å². The Kier molecular flexibility index (Phi) is 6.05. The maximum absolute atomic E-state index is 13.9. The second-order valence-corrected chi connectivity index (χ2v) is 8.61. The fourth-order valence-corrected chi connectivity index (χ4v) is 4.11. The number of H-pyrrole nitrogens is 1. The Bertz CT molecular complexity index is 1470. The molecule has 182 valence electrons. The van der Waals surface area contributed by atoms with Crippen molar-refractivity contribution in [3.63, 3.8) is 0 Å². The number of aromatic amines is 1. The number of ether oxygens (including phenoxy) is 1. The van der Waals surface area contributed by atoms with E-state index in [1.54, 1.807) is 37.4 Å². The van der Waals surface area contributed by atoms with Gasteiger partial charge >= 0.3 is 5.97 Å². The van der Waals surface area contributed by atoms with Gasteiger partial charge in [-0.1, -0.05) is 36.4 Å². The summed E-state index contributed by atoms with van der Waals surface area (Å²) in [5.74, 6) is -2.81.